The molecule has 0 aromatic rings. The van der Waals surface area contributed by atoms with Crippen LogP contribution in [0.5, 0.6) is 0 Å². The van der Waals surface area contributed by atoms with Crippen LogP contribution in [0, 0.1) is 0 Å². The third-order valence-corrected chi connectivity index (χ3v) is 18.0. The summed E-state index contributed by atoms with van der Waals surface area (Å²) in [4.78, 5) is 13.1. The van der Waals surface area contributed by atoms with E-state index in [0.29, 0.717) is 6.42 Å². The van der Waals surface area contributed by atoms with Crippen molar-refractivity contribution in [2.24, 2.45) is 0 Å². The summed E-state index contributed by atoms with van der Waals surface area (Å²) >= 11 is 0. The van der Waals surface area contributed by atoms with Gasteiger partial charge in [-0.05, 0) is 77.0 Å². The first-order chi connectivity index (χ1) is 42.8. The fourth-order valence-electron chi connectivity index (χ4n) is 12.1. The van der Waals surface area contributed by atoms with Crippen LogP contribution in [0.15, 0.2) is 60.8 Å². The molecule has 0 radical (unpaired) electrons. The van der Waals surface area contributed by atoms with Crippen molar-refractivity contribution in [2.75, 3.05) is 13.2 Å². The van der Waals surface area contributed by atoms with E-state index in [-0.39, 0.29) is 12.5 Å². The third kappa shape index (κ3) is 55.3. The molecule has 0 bridgehead atoms. The minimum absolute atomic E-state index is 0.184. The molecule has 0 aliphatic carbocycles. The number of nitrogens with one attached hydrogen (secondary N) is 1. The molecule has 1 heterocycles. The third-order valence-electron chi connectivity index (χ3n) is 18.0. The lowest BCUT2D eigenvalue weighted by Gasteiger charge is -2.40. The zero-order chi connectivity index (χ0) is 62.8. The summed E-state index contributed by atoms with van der Waals surface area (Å²) in [6.07, 6.45) is 86.5. The molecular formula is C78H145NO8. The predicted octanol–water partition coefficient (Wildman–Crippen LogP) is 21.3. The van der Waals surface area contributed by atoms with Crippen molar-refractivity contribution in [3.63, 3.8) is 0 Å². The van der Waals surface area contributed by atoms with Gasteiger partial charge in [-0.2, -0.15) is 0 Å². The summed E-state index contributed by atoms with van der Waals surface area (Å²) < 4.78 is 11.3. The number of rotatable bonds is 67. The Morgan fingerprint density at radius 2 is 0.690 bits per heavy atom. The van der Waals surface area contributed by atoms with E-state index in [1.807, 2.05) is 6.08 Å². The molecule has 7 atom stereocenters. The van der Waals surface area contributed by atoms with Gasteiger partial charge in [0.2, 0.25) is 5.91 Å². The average molecular weight is 1230 g/mol. The van der Waals surface area contributed by atoms with Crippen LogP contribution in [0.1, 0.15) is 373 Å². The predicted molar refractivity (Wildman–Crippen MR) is 373 cm³/mol. The van der Waals surface area contributed by atoms with E-state index in [4.69, 9.17) is 9.47 Å². The molecule has 1 aliphatic rings. The van der Waals surface area contributed by atoms with Gasteiger partial charge in [-0.15, -0.1) is 0 Å². The standard InChI is InChI=1S/C78H145NO8/c1-3-5-7-9-11-13-15-17-19-21-23-25-27-29-30-31-32-33-34-35-36-37-38-39-40-41-42-44-46-48-50-52-54-56-58-60-62-64-66-68-74(82)79-71(70-86-78-77(85)76(84)75(83)73(69-80)87-78)72(81)67-65-63-61-59-57-55-53-51-49-47-45-43-28-26-24-22-20-18-16-14-12-10-8-6-4-2/h15,17,21,23,49,51,57,59,65,67,71-73,75-78,80-81,83-85H,3-14,16,18-20,22,24-48,50,52-56,58,60-64,66,68-70H2,1-2H3,(H,79,82)/b17-15-,23-21-,51-49+,59-57+,67-65+. The Balaban J connectivity index is 2.08. The van der Waals surface area contributed by atoms with Crippen molar-refractivity contribution < 1.29 is 39.8 Å². The highest BCUT2D eigenvalue weighted by Crippen LogP contribution is 2.24. The van der Waals surface area contributed by atoms with E-state index >= 15 is 0 Å². The molecule has 510 valence electrons. The van der Waals surface area contributed by atoms with Crippen molar-refractivity contribution in [2.45, 2.75) is 416 Å². The SMILES string of the molecule is CCCCCCC/C=C\C/C=C\CCCCCCCCCCCCCCCCCCCCCCCCCCCCCC(=O)NC(COC1OC(CO)C(O)C(O)C1O)C(O)/C=C/CC/C=C/CC/C=C/CCCCCCCCCCCCCCCCC. The highest BCUT2D eigenvalue weighted by Gasteiger charge is 2.44. The van der Waals surface area contributed by atoms with Gasteiger partial charge in [0, 0.05) is 6.42 Å². The Morgan fingerprint density at radius 3 is 1.03 bits per heavy atom. The van der Waals surface area contributed by atoms with E-state index in [1.54, 1.807) is 6.08 Å². The van der Waals surface area contributed by atoms with Crippen molar-refractivity contribution in [1.29, 1.82) is 0 Å². The Hall–Kier alpha value is -2.11. The summed E-state index contributed by atoms with van der Waals surface area (Å²) in [6, 6.07) is -0.830. The van der Waals surface area contributed by atoms with Crippen LogP contribution >= 0.6 is 0 Å². The number of allylic oxidation sites excluding steroid dienone is 9. The molecule has 0 aromatic carbocycles. The molecule has 1 fully saturated rings. The molecule has 0 saturated carbocycles. The molecule has 1 amide bonds. The molecule has 87 heavy (non-hydrogen) atoms. The lowest BCUT2D eigenvalue weighted by molar-refractivity contribution is -0.302. The van der Waals surface area contributed by atoms with Gasteiger partial charge in [-0.3, -0.25) is 4.79 Å². The first-order valence-electron chi connectivity index (χ1n) is 38.0. The van der Waals surface area contributed by atoms with Crippen LogP contribution in [-0.4, -0.2) is 87.5 Å². The van der Waals surface area contributed by atoms with Gasteiger partial charge in [0.1, 0.15) is 24.4 Å². The van der Waals surface area contributed by atoms with Crippen LogP contribution in [0.2, 0.25) is 0 Å². The Kier molecular flexibility index (Phi) is 63.7. The summed E-state index contributed by atoms with van der Waals surface area (Å²) in [5, 5.41) is 54.8. The number of carbonyl (C=O) groups excluding carboxylic acids is 1. The number of hydrogen-bond donors (Lipinski definition) is 6. The van der Waals surface area contributed by atoms with Crippen LogP contribution in [0.4, 0.5) is 0 Å². The molecule has 1 saturated heterocycles. The van der Waals surface area contributed by atoms with E-state index < -0.39 is 49.5 Å². The normalized spacial score (nSPS) is 18.3. The number of carbonyl (C=O) groups is 1. The molecule has 6 N–H and O–H groups in total. The van der Waals surface area contributed by atoms with Crippen LogP contribution in [0.25, 0.3) is 0 Å². The smallest absolute Gasteiger partial charge is 0.220 e. The van der Waals surface area contributed by atoms with E-state index in [1.165, 1.54) is 302 Å². The summed E-state index contributed by atoms with van der Waals surface area (Å²) in [6.45, 7) is 3.79. The molecule has 1 rings (SSSR count). The second kappa shape index (κ2) is 66.8. The van der Waals surface area contributed by atoms with Gasteiger partial charge in [-0.1, -0.05) is 351 Å². The van der Waals surface area contributed by atoms with Crippen molar-refractivity contribution in [3.05, 3.63) is 60.8 Å². The topological polar surface area (TPSA) is 149 Å². The first kappa shape index (κ1) is 82.9. The molecule has 9 heteroatoms. The van der Waals surface area contributed by atoms with Gasteiger partial charge < -0.3 is 40.3 Å². The number of aliphatic hydroxyl groups is 5. The fraction of sp³-hybridized carbons (Fsp3) is 0.859. The zero-order valence-electron chi connectivity index (χ0n) is 57.3. The number of unbranched alkanes of at least 4 members (excludes halogenated alkanes) is 49. The Bertz CT molecular complexity index is 1560. The Labute approximate surface area is 538 Å². The fourth-order valence-corrected chi connectivity index (χ4v) is 12.1. The second-order valence-corrected chi connectivity index (χ2v) is 26.4. The summed E-state index contributed by atoms with van der Waals surface area (Å²) in [5.74, 6) is -0.184. The quantitative estimate of drug-likeness (QED) is 0.0261. The molecular weight excluding hydrogens is 1080 g/mol. The van der Waals surface area contributed by atoms with E-state index in [9.17, 15) is 30.3 Å². The van der Waals surface area contributed by atoms with Crippen molar-refractivity contribution >= 4 is 5.91 Å². The first-order valence-corrected chi connectivity index (χ1v) is 38.0. The lowest BCUT2D eigenvalue weighted by atomic mass is 9.99. The van der Waals surface area contributed by atoms with Crippen LogP contribution < -0.4 is 5.32 Å². The monoisotopic (exact) mass is 1220 g/mol. The Morgan fingerprint density at radius 1 is 0.391 bits per heavy atom. The summed E-state index contributed by atoms with van der Waals surface area (Å²) in [7, 11) is 0. The second-order valence-electron chi connectivity index (χ2n) is 26.4. The van der Waals surface area contributed by atoms with E-state index in [2.05, 4.69) is 67.8 Å². The number of amides is 1. The molecule has 7 unspecified atom stereocenters. The van der Waals surface area contributed by atoms with Gasteiger partial charge in [0.15, 0.2) is 6.29 Å². The highest BCUT2D eigenvalue weighted by molar-refractivity contribution is 5.76. The van der Waals surface area contributed by atoms with Crippen molar-refractivity contribution in [3.8, 4) is 0 Å². The van der Waals surface area contributed by atoms with Gasteiger partial charge in [0.25, 0.3) is 0 Å². The number of ether oxygens (including phenoxy) is 2. The van der Waals surface area contributed by atoms with Crippen LogP contribution in [0.3, 0.4) is 0 Å². The van der Waals surface area contributed by atoms with Crippen molar-refractivity contribution in [1.82, 2.24) is 5.32 Å². The lowest BCUT2D eigenvalue weighted by Crippen LogP contribution is -2.60. The molecule has 0 spiro atoms. The molecule has 1 aliphatic heterocycles. The maximum atomic E-state index is 13.1. The van der Waals surface area contributed by atoms with Gasteiger partial charge in [-0.25, -0.2) is 0 Å². The maximum Gasteiger partial charge on any atom is 0.220 e. The summed E-state index contributed by atoms with van der Waals surface area (Å²) in [5.41, 5.74) is 0. The minimum atomic E-state index is -1.58. The highest BCUT2D eigenvalue weighted by atomic mass is 16.7. The maximum absolute atomic E-state index is 13.1. The van der Waals surface area contributed by atoms with Gasteiger partial charge >= 0.3 is 0 Å². The van der Waals surface area contributed by atoms with E-state index in [0.717, 1.165) is 51.4 Å². The average Bonchev–Trinajstić information content (AvgIpc) is 3.38. The van der Waals surface area contributed by atoms with Crippen LogP contribution in [-0.2, 0) is 14.3 Å². The molecule has 9 nitrogen and oxygen atoms in total. The number of hydrogen-bond acceptors (Lipinski definition) is 8. The minimum Gasteiger partial charge on any atom is -0.394 e. The van der Waals surface area contributed by atoms with Gasteiger partial charge in [0.05, 0.1) is 25.4 Å². The number of aliphatic hydroxyl groups excluding tert-OH is 5. The molecule has 0 aromatic heterocycles. The zero-order valence-corrected chi connectivity index (χ0v) is 57.3. The largest absolute Gasteiger partial charge is 0.394 e.